The lowest BCUT2D eigenvalue weighted by atomic mass is 9.90. The molecule has 4 heteroatoms. The summed E-state index contributed by atoms with van der Waals surface area (Å²) in [7, 11) is 0. The van der Waals surface area contributed by atoms with E-state index >= 15 is 0 Å². The summed E-state index contributed by atoms with van der Waals surface area (Å²) >= 11 is 0. The molecule has 0 radical (unpaired) electrons. The summed E-state index contributed by atoms with van der Waals surface area (Å²) in [6, 6.07) is 55.3. The molecule has 0 bridgehead atoms. The molecule has 2 unspecified atom stereocenters. The molecule has 232 valence electrons. The lowest BCUT2D eigenvalue weighted by Gasteiger charge is -2.28. The first kappa shape index (κ1) is 28.8. The predicted octanol–water partition coefficient (Wildman–Crippen LogP) is 10.9. The molecule has 1 aliphatic heterocycles. The van der Waals surface area contributed by atoms with Crippen LogP contribution in [0.15, 0.2) is 182 Å². The van der Waals surface area contributed by atoms with Crippen molar-refractivity contribution in [3.8, 4) is 56.4 Å². The topological polar surface area (TPSA) is 41.9 Å². The Hall–Kier alpha value is -6.39. The fourth-order valence-corrected chi connectivity index (χ4v) is 7.02. The van der Waals surface area contributed by atoms with Crippen LogP contribution in [0.25, 0.3) is 56.4 Å². The number of hydrogen-bond donors (Lipinski definition) is 0. The van der Waals surface area contributed by atoms with Crippen molar-refractivity contribution < 1.29 is 0 Å². The molecule has 2 aliphatic rings. The molecule has 2 heterocycles. The molecule has 7 aromatic rings. The minimum atomic E-state index is 0.212. The molecule has 49 heavy (non-hydrogen) atoms. The minimum Gasteiger partial charge on any atom is -0.333 e. The van der Waals surface area contributed by atoms with Gasteiger partial charge in [-0.2, -0.15) is 0 Å². The molecule has 4 nitrogen and oxygen atoms in total. The van der Waals surface area contributed by atoms with Crippen LogP contribution < -0.4 is 4.90 Å². The zero-order valence-corrected chi connectivity index (χ0v) is 26.8. The van der Waals surface area contributed by atoms with Crippen molar-refractivity contribution in [3.63, 3.8) is 0 Å². The summed E-state index contributed by atoms with van der Waals surface area (Å²) in [6.07, 6.45) is 8.98. The van der Waals surface area contributed by atoms with E-state index in [0.717, 1.165) is 27.9 Å². The van der Waals surface area contributed by atoms with E-state index in [9.17, 15) is 0 Å². The molecule has 0 amide bonds. The average molecular weight is 629 g/mol. The Morgan fingerprint density at radius 3 is 1.41 bits per heavy atom. The van der Waals surface area contributed by atoms with Gasteiger partial charge in [0.15, 0.2) is 17.5 Å². The van der Waals surface area contributed by atoms with Crippen LogP contribution in [-0.2, 0) is 0 Å². The molecule has 0 fully saturated rings. The van der Waals surface area contributed by atoms with Crippen LogP contribution >= 0.6 is 0 Å². The first-order chi connectivity index (χ1) is 24.3. The first-order valence-electron chi connectivity index (χ1n) is 16.7. The molecular formula is C45H32N4. The fourth-order valence-electron chi connectivity index (χ4n) is 7.02. The highest BCUT2D eigenvalue weighted by molar-refractivity contribution is 5.80. The van der Waals surface area contributed by atoms with Gasteiger partial charge in [0.05, 0.1) is 6.04 Å². The van der Waals surface area contributed by atoms with E-state index in [0.29, 0.717) is 17.5 Å². The average Bonchev–Trinajstić information content (AvgIpc) is 3.52. The Kier molecular flexibility index (Phi) is 7.25. The number of anilines is 2. The van der Waals surface area contributed by atoms with Crippen molar-refractivity contribution in [2.75, 3.05) is 4.90 Å². The van der Waals surface area contributed by atoms with Crippen LogP contribution in [0.3, 0.4) is 0 Å². The number of fused-ring (bicyclic) bond motifs is 3. The Balaban J connectivity index is 1.08. The van der Waals surface area contributed by atoms with Gasteiger partial charge in [-0.25, -0.2) is 15.0 Å². The fraction of sp³-hybridized carbons (Fsp3) is 0.0444. The van der Waals surface area contributed by atoms with Gasteiger partial charge >= 0.3 is 0 Å². The Morgan fingerprint density at radius 1 is 0.388 bits per heavy atom. The number of allylic oxidation sites excluding steroid dienone is 2. The molecule has 2 atom stereocenters. The molecule has 1 aliphatic carbocycles. The summed E-state index contributed by atoms with van der Waals surface area (Å²) < 4.78 is 0. The number of benzene rings is 6. The SMILES string of the molecule is C1=CC2c3cc(-c4ccccc4)ccc3N(c3ccc(-c4nc(-c5ccccc5)nc(-c5ccc(-c6ccccc6)cc5)n4)cc3)C2C=C1. The molecule has 1 aromatic heterocycles. The van der Waals surface area contributed by atoms with Crippen molar-refractivity contribution >= 4 is 11.4 Å². The van der Waals surface area contributed by atoms with Gasteiger partial charge in [0, 0.05) is 34.0 Å². The van der Waals surface area contributed by atoms with Gasteiger partial charge in [-0.1, -0.05) is 146 Å². The van der Waals surface area contributed by atoms with E-state index in [1.165, 1.54) is 27.9 Å². The second kappa shape index (κ2) is 12.3. The highest BCUT2D eigenvalue weighted by Gasteiger charge is 2.37. The molecule has 0 saturated heterocycles. The molecule has 0 saturated carbocycles. The summed E-state index contributed by atoms with van der Waals surface area (Å²) in [5.74, 6) is 2.24. The van der Waals surface area contributed by atoms with E-state index < -0.39 is 0 Å². The monoisotopic (exact) mass is 628 g/mol. The van der Waals surface area contributed by atoms with Gasteiger partial charge in [0.2, 0.25) is 0 Å². The van der Waals surface area contributed by atoms with Crippen molar-refractivity contribution in [2.45, 2.75) is 12.0 Å². The lowest BCUT2D eigenvalue weighted by molar-refractivity contribution is 0.745. The van der Waals surface area contributed by atoms with E-state index in [1.54, 1.807) is 0 Å². The summed E-state index contributed by atoms with van der Waals surface area (Å²) in [5.41, 5.74) is 11.4. The van der Waals surface area contributed by atoms with Crippen LogP contribution in [0.5, 0.6) is 0 Å². The van der Waals surface area contributed by atoms with Gasteiger partial charge in [-0.15, -0.1) is 0 Å². The minimum absolute atomic E-state index is 0.212. The third kappa shape index (κ3) is 5.43. The molecule has 0 spiro atoms. The summed E-state index contributed by atoms with van der Waals surface area (Å²) in [6.45, 7) is 0. The Morgan fingerprint density at radius 2 is 0.816 bits per heavy atom. The Bertz CT molecular complexity index is 2310. The van der Waals surface area contributed by atoms with Gasteiger partial charge in [-0.3, -0.25) is 0 Å². The van der Waals surface area contributed by atoms with E-state index in [2.05, 4.69) is 151 Å². The molecule has 6 aromatic carbocycles. The quantitative estimate of drug-likeness (QED) is 0.184. The summed E-state index contributed by atoms with van der Waals surface area (Å²) in [5, 5.41) is 0. The molecular weight excluding hydrogens is 597 g/mol. The van der Waals surface area contributed by atoms with Crippen LogP contribution in [0.4, 0.5) is 11.4 Å². The van der Waals surface area contributed by atoms with Crippen LogP contribution in [0.2, 0.25) is 0 Å². The Labute approximate surface area is 286 Å². The zero-order chi connectivity index (χ0) is 32.6. The number of rotatable bonds is 6. The van der Waals surface area contributed by atoms with Crippen molar-refractivity contribution in [3.05, 3.63) is 188 Å². The maximum Gasteiger partial charge on any atom is 0.164 e. The van der Waals surface area contributed by atoms with Crippen molar-refractivity contribution in [1.29, 1.82) is 0 Å². The van der Waals surface area contributed by atoms with Crippen LogP contribution in [-0.4, -0.2) is 21.0 Å². The highest BCUT2D eigenvalue weighted by Crippen LogP contribution is 2.49. The smallest absolute Gasteiger partial charge is 0.164 e. The predicted molar refractivity (Wildman–Crippen MR) is 200 cm³/mol. The number of hydrogen-bond acceptors (Lipinski definition) is 4. The molecule has 0 N–H and O–H groups in total. The zero-order valence-electron chi connectivity index (χ0n) is 26.8. The largest absolute Gasteiger partial charge is 0.333 e. The number of nitrogens with zero attached hydrogens (tertiary/aromatic N) is 4. The normalized spacial score (nSPS) is 16.0. The van der Waals surface area contributed by atoms with Crippen molar-refractivity contribution in [1.82, 2.24) is 15.0 Å². The standard InChI is InChI=1S/C45H32N4/c1-4-12-31(13-5-1)33-20-22-35(23-21-33)44-46-43(34-16-8-3-9-17-34)47-45(48-44)36-24-27-38(28-25-36)49-41-19-11-10-18-39(41)40-30-37(26-29-42(40)49)32-14-6-2-7-15-32/h1-30,39,41H. The van der Waals surface area contributed by atoms with Gasteiger partial charge in [-0.05, 0) is 64.2 Å². The maximum absolute atomic E-state index is 5.01. The van der Waals surface area contributed by atoms with Crippen LogP contribution in [0, 0.1) is 0 Å². The van der Waals surface area contributed by atoms with Crippen molar-refractivity contribution in [2.24, 2.45) is 0 Å². The van der Waals surface area contributed by atoms with E-state index in [1.807, 2.05) is 36.4 Å². The molecule has 9 rings (SSSR count). The van der Waals surface area contributed by atoms with E-state index in [-0.39, 0.29) is 12.0 Å². The van der Waals surface area contributed by atoms with Crippen LogP contribution in [0.1, 0.15) is 11.5 Å². The second-order valence-electron chi connectivity index (χ2n) is 12.5. The highest BCUT2D eigenvalue weighted by atomic mass is 15.2. The van der Waals surface area contributed by atoms with E-state index in [4.69, 9.17) is 15.0 Å². The van der Waals surface area contributed by atoms with Gasteiger partial charge in [0.25, 0.3) is 0 Å². The number of aromatic nitrogens is 3. The van der Waals surface area contributed by atoms with Gasteiger partial charge in [0.1, 0.15) is 0 Å². The first-order valence-corrected chi connectivity index (χ1v) is 16.7. The lowest BCUT2D eigenvalue weighted by Crippen LogP contribution is -2.28. The second-order valence-corrected chi connectivity index (χ2v) is 12.5. The van der Waals surface area contributed by atoms with Gasteiger partial charge < -0.3 is 4.90 Å². The summed E-state index contributed by atoms with van der Waals surface area (Å²) in [4.78, 5) is 17.4. The third-order valence-electron chi connectivity index (χ3n) is 9.48. The maximum atomic E-state index is 5.01. The third-order valence-corrected chi connectivity index (χ3v) is 9.48.